The Morgan fingerprint density at radius 2 is 2.27 bits per heavy atom. The van der Waals surface area contributed by atoms with Gasteiger partial charge >= 0.3 is 0 Å². The van der Waals surface area contributed by atoms with E-state index in [1.165, 1.54) is 12.8 Å². The molecule has 1 aliphatic rings. The first-order chi connectivity index (χ1) is 10.9. The van der Waals surface area contributed by atoms with Gasteiger partial charge in [0.2, 0.25) is 0 Å². The largest absolute Gasteiger partial charge is 0.381 e. The average molecular weight is 307 g/mol. The van der Waals surface area contributed by atoms with Crippen LogP contribution in [0, 0.1) is 5.92 Å². The van der Waals surface area contributed by atoms with Crippen molar-refractivity contribution >= 4 is 5.96 Å². The molecule has 0 bridgehead atoms. The quantitative estimate of drug-likeness (QED) is 0.371. The van der Waals surface area contributed by atoms with Crippen LogP contribution in [0.15, 0.2) is 23.5 Å². The van der Waals surface area contributed by atoms with Gasteiger partial charge in [0, 0.05) is 51.8 Å². The Balaban J connectivity index is 1.52. The van der Waals surface area contributed by atoms with Crippen molar-refractivity contribution in [1.29, 1.82) is 0 Å². The summed E-state index contributed by atoms with van der Waals surface area (Å²) in [6.07, 6.45) is 8.50. The van der Waals surface area contributed by atoms with Crippen LogP contribution in [0.1, 0.15) is 32.6 Å². The molecule has 1 saturated carbocycles. The van der Waals surface area contributed by atoms with Gasteiger partial charge in [-0.3, -0.25) is 9.67 Å². The van der Waals surface area contributed by atoms with Crippen molar-refractivity contribution < 1.29 is 4.74 Å². The second-order valence-electron chi connectivity index (χ2n) is 5.68. The molecule has 0 unspecified atom stereocenters. The van der Waals surface area contributed by atoms with Crippen LogP contribution in [0.3, 0.4) is 0 Å². The lowest BCUT2D eigenvalue weighted by Gasteiger charge is -2.11. The molecule has 6 heteroatoms. The molecule has 0 radical (unpaired) electrons. The van der Waals surface area contributed by atoms with Crippen molar-refractivity contribution in [2.24, 2.45) is 10.9 Å². The van der Waals surface area contributed by atoms with E-state index in [1.807, 2.05) is 16.9 Å². The fourth-order valence-corrected chi connectivity index (χ4v) is 2.11. The molecule has 0 amide bonds. The van der Waals surface area contributed by atoms with Gasteiger partial charge in [-0.25, -0.2) is 0 Å². The highest BCUT2D eigenvalue weighted by molar-refractivity contribution is 5.79. The van der Waals surface area contributed by atoms with Crippen LogP contribution in [0.25, 0.3) is 0 Å². The number of hydrogen-bond acceptors (Lipinski definition) is 3. The number of hydrogen-bond donors (Lipinski definition) is 2. The first-order valence-electron chi connectivity index (χ1n) is 8.46. The van der Waals surface area contributed by atoms with Crippen LogP contribution in [-0.4, -0.2) is 48.6 Å². The highest BCUT2D eigenvalue weighted by atomic mass is 16.5. The molecule has 22 heavy (non-hydrogen) atoms. The van der Waals surface area contributed by atoms with E-state index in [-0.39, 0.29) is 0 Å². The average Bonchev–Trinajstić information content (AvgIpc) is 3.20. The second-order valence-corrected chi connectivity index (χ2v) is 5.68. The molecule has 1 heterocycles. The number of nitrogens with zero attached hydrogens (tertiary/aromatic N) is 3. The molecule has 1 aliphatic carbocycles. The minimum absolute atomic E-state index is 0.799. The Bertz CT molecular complexity index is 414. The van der Waals surface area contributed by atoms with E-state index in [9.17, 15) is 0 Å². The summed E-state index contributed by atoms with van der Waals surface area (Å²) in [4.78, 5) is 4.58. The van der Waals surface area contributed by atoms with Gasteiger partial charge in [-0.05, 0) is 44.6 Å². The van der Waals surface area contributed by atoms with Crippen molar-refractivity contribution in [2.75, 3.05) is 32.8 Å². The molecule has 0 aliphatic heterocycles. The van der Waals surface area contributed by atoms with Crippen molar-refractivity contribution in [1.82, 2.24) is 20.4 Å². The Kier molecular flexibility index (Phi) is 7.80. The van der Waals surface area contributed by atoms with Crippen LogP contribution >= 0.6 is 0 Å². The molecule has 0 aromatic carbocycles. The number of aryl methyl sites for hydroxylation is 1. The molecule has 2 N–H and O–H groups in total. The monoisotopic (exact) mass is 307 g/mol. The van der Waals surface area contributed by atoms with Gasteiger partial charge in [-0.2, -0.15) is 5.10 Å². The number of ether oxygens (including phenoxy) is 1. The third kappa shape index (κ3) is 7.45. The zero-order valence-electron chi connectivity index (χ0n) is 13.6. The van der Waals surface area contributed by atoms with Gasteiger partial charge in [0.25, 0.3) is 0 Å². The first kappa shape index (κ1) is 16.8. The number of aromatic nitrogens is 2. The topological polar surface area (TPSA) is 63.5 Å². The number of guanidine groups is 1. The molecule has 1 aromatic rings. The van der Waals surface area contributed by atoms with E-state index in [2.05, 4.69) is 27.6 Å². The van der Waals surface area contributed by atoms with Crippen molar-refractivity contribution in [3.8, 4) is 0 Å². The van der Waals surface area contributed by atoms with Crippen LogP contribution in [0.2, 0.25) is 0 Å². The molecule has 2 rings (SSSR count). The number of nitrogens with one attached hydrogen (secondary N) is 2. The second kappa shape index (κ2) is 10.2. The molecule has 0 saturated heterocycles. The molecular formula is C16H29N5O. The van der Waals surface area contributed by atoms with Gasteiger partial charge in [-0.15, -0.1) is 0 Å². The van der Waals surface area contributed by atoms with Gasteiger partial charge < -0.3 is 15.4 Å². The molecule has 6 nitrogen and oxygen atoms in total. The van der Waals surface area contributed by atoms with Crippen LogP contribution in [0.4, 0.5) is 0 Å². The zero-order chi connectivity index (χ0) is 15.5. The van der Waals surface area contributed by atoms with Crippen LogP contribution < -0.4 is 10.6 Å². The lowest BCUT2D eigenvalue weighted by atomic mass is 10.4. The summed E-state index contributed by atoms with van der Waals surface area (Å²) in [7, 11) is 0. The van der Waals surface area contributed by atoms with E-state index < -0.39 is 0 Å². The maximum absolute atomic E-state index is 5.63. The van der Waals surface area contributed by atoms with Gasteiger partial charge in [-0.1, -0.05) is 0 Å². The molecule has 1 fully saturated rings. The predicted octanol–water partition coefficient (Wildman–Crippen LogP) is 1.64. The van der Waals surface area contributed by atoms with E-state index in [1.54, 1.807) is 6.20 Å². The maximum Gasteiger partial charge on any atom is 0.191 e. The van der Waals surface area contributed by atoms with Gasteiger partial charge in [0.05, 0.1) is 0 Å². The Labute approximate surface area is 133 Å². The van der Waals surface area contributed by atoms with Crippen molar-refractivity contribution in [3.05, 3.63) is 18.5 Å². The fourth-order valence-electron chi connectivity index (χ4n) is 2.11. The summed E-state index contributed by atoms with van der Waals surface area (Å²) in [6, 6.07) is 1.94. The van der Waals surface area contributed by atoms with Crippen LogP contribution in [0.5, 0.6) is 0 Å². The third-order valence-corrected chi connectivity index (χ3v) is 3.53. The first-order valence-corrected chi connectivity index (χ1v) is 8.46. The highest BCUT2D eigenvalue weighted by Crippen LogP contribution is 2.28. The summed E-state index contributed by atoms with van der Waals surface area (Å²) in [5.74, 6) is 1.74. The van der Waals surface area contributed by atoms with E-state index in [0.29, 0.717) is 0 Å². The van der Waals surface area contributed by atoms with Gasteiger partial charge in [0.1, 0.15) is 0 Å². The summed E-state index contributed by atoms with van der Waals surface area (Å²) in [6.45, 7) is 7.35. The zero-order valence-corrected chi connectivity index (χ0v) is 13.6. The Morgan fingerprint density at radius 1 is 1.36 bits per heavy atom. The lowest BCUT2D eigenvalue weighted by molar-refractivity contribution is 0.123. The summed E-state index contributed by atoms with van der Waals surface area (Å²) < 4.78 is 7.57. The van der Waals surface area contributed by atoms with Crippen molar-refractivity contribution in [3.63, 3.8) is 0 Å². The van der Waals surface area contributed by atoms with Gasteiger partial charge in [0.15, 0.2) is 5.96 Å². The summed E-state index contributed by atoms with van der Waals surface area (Å²) in [5.41, 5.74) is 0. The normalized spacial score (nSPS) is 15.0. The molecule has 0 spiro atoms. The van der Waals surface area contributed by atoms with Crippen molar-refractivity contribution in [2.45, 2.75) is 39.2 Å². The molecule has 0 atom stereocenters. The minimum Gasteiger partial charge on any atom is -0.381 e. The summed E-state index contributed by atoms with van der Waals surface area (Å²) in [5, 5.41) is 10.8. The number of rotatable bonds is 11. The molecule has 1 aromatic heterocycles. The fraction of sp³-hybridized carbons (Fsp3) is 0.750. The Morgan fingerprint density at radius 3 is 3.00 bits per heavy atom. The standard InChI is InChI=1S/C16H29N5O/c1-2-17-16(18-8-3-11-21-12-4-10-20-21)19-9-5-13-22-14-15-6-7-15/h4,10,12,15H,2-3,5-9,11,13-14H2,1H3,(H2,17,18,19). The third-order valence-electron chi connectivity index (χ3n) is 3.53. The van der Waals surface area contributed by atoms with E-state index in [0.717, 1.165) is 64.1 Å². The van der Waals surface area contributed by atoms with Crippen LogP contribution in [-0.2, 0) is 11.3 Å². The minimum atomic E-state index is 0.799. The van der Waals surface area contributed by atoms with E-state index >= 15 is 0 Å². The maximum atomic E-state index is 5.63. The number of aliphatic imine (C=N–C) groups is 1. The lowest BCUT2D eigenvalue weighted by Crippen LogP contribution is -2.38. The summed E-state index contributed by atoms with van der Waals surface area (Å²) >= 11 is 0. The smallest absolute Gasteiger partial charge is 0.191 e. The SMILES string of the molecule is CCNC(=NCCCn1cccn1)NCCCOCC1CC1. The highest BCUT2D eigenvalue weighted by Gasteiger charge is 2.20. The molecular weight excluding hydrogens is 278 g/mol. The Hall–Kier alpha value is -1.56. The molecule has 124 valence electrons. The van der Waals surface area contributed by atoms with E-state index in [4.69, 9.17) is 4.74 Å². The predicted molar refractivity (Wildman–Crippen MR) is 89.0 cm³/mol.